The SMILES string of the molecule is c1cc2c(N3C[C@H]4CC[C@@H](C3)O4)nc(-c3ccc4[nH]ncc4c3)nn2c1. The van der Waals surface area contributed by atoms with Crippen molar-refractivity contribution in [2.24, 2.45) is 0 Å². The zero-order chi connectivity index (χ0) is 17.1. The van der Waals surface area contributed by atoms with Crippen molar-refractivity contribution in [2.75, 3.05) is 18.0 Å². The van der Waals surface area contributed by atoms with E-state index in [0.29, 0.717) is 12.2 Å². The molecule has 0 spiro atoms. The lowest BCUT2D eigenvalue weighted by molar-refractivity contribution is 0.0303. The Hall–Kier alpha value is -2.93. The molecule has 5 heterocycles. The number of nitrogens with zero attached hydrogens (tertiary/aromatic N) is 5. The van der Waals surface area contributed by atoms with Crippen LogP contribution < -0.4 is 4.90 Å². The molecule has 2 aliphatic rings. The first-order chi connectivity index (χ1) is 12.8. The number of hydrogen-bond acceptors (Lipinski definition) is 5. The van der Waals surface area contributed by atoms with Gasteiger partial charge in [-0.25, -0.2) is 9.50 Å². The van der Waals surface area contributed by atoms with Gasteiger partial charge < -0.3 is 9.64 Å². The number of nitrogens with one attached hydrogen (secondary N) is 1. The summed E-state index contributed by atoms with van der Waals surface area (Å²) in [5, 5.41) is 12.9. The van der Waals surface area contributed by atoms with Crippen LogP contribution in [-0.2, 0) is 4.74 Å². The van der Waals surface area contributed by atoms with Crippen LogP contribution in [0.4, 0.5) is 5.82 Å². The predicted molar refractivity (Wildman–Crippen MR) is 98.2 cm³/mol. The highest BCUT2D eigenvalue weighted by Crippen LogP contribution is 2.32. The molecule has 0 saturated carbocycles. The second kappa shape index (κ2) is 5.28. The lowest BCUT2D eigenvalue weighted by Gasteiger charge is -2.33. The van der Waals surface area contributed by atoms with Crippen LogP contribution in [0.3, 0.4) is 0 Å². The van der Waals surface area contributed by atoms with Gasteiger partial charge in [0.1, 0.15) is 5.52 Å². The number of fused-ring (bicyclic) bond motifs is 4. The summed E-state index contributed by atoms with van der Waals surface area (Å²) >= 11 is 0. The Labute approximate surface area is 149 Å². The number of benzene rings is 1. The van der Waals surface area contributed by atoms with Crippen molar-refractivity contribution in [2.45, 2.75) is 25.0 Å². The fraction of sp³-hybridized carbons (Fsp3) is 0.316. The van der Waals surface area contributed by atoms with Gasteiger partial charge in [0.05, 0.1) is 23.9 Å². The van der Waals surface area contributed by atoms with Gasteiger partial charge in [0, 0.05) is 30.2 Å². The van der Waals surface area contributed by atoms with Crippen molar-refractivity contribution in [3.05, 3.63) is 42.7 Å². The molecule has 7 nitrogen and oxygen atoms in total. The lowest BCUT2D eigenvalue weighted by atomic mass is 10.1. The van der Waals surface area contributed by atoms with Crippen LogP contribution in [-0.4, -0.2) is 50.1 Å². The first kappa shape index (κ1) is 14.3. The van der Waals surface area contributed by atoms with E-state index >= 15 is 0 Å². The Bertz CT molecular complexity index is 1100. The molecule has 2 aliphatic heterocycles. The molecule has 0 unspecified atom stereocenters. The first-order valence-corrected chi connectivity index (χ1v) is 9.03. The van der Waals surface area contributed by atoms with Gasteiger partial charge in [-0.3, -0.25) is 5.10 Å². The van der Waals surface area contributed by atoms with Gasteiger partial charge in [0.25, 0.3) is 0 Å². The molecule has 2 fully saturated rings. The average Bonchev–Trinajstić information content (AvgIpc) is 3.39. The Morgan fingerprint density at radius 2 is 2.00 bits per heavy atom. The molecule has 7 heteroatoms. The van der Waals surface area contributed by atoms with Gasteiger partial charge in [0.2, 0.25) is 0 Å². The highest BCUT2D eigenvalue weighted by Gasteiger charge is 2.35. The molecule has 3 aromatic heterocycles. The smallest absolute Gasteiger partial charge is 0.182 e. The molecule has 2 atom stereocenters. The lowest BCUT2D eigenvalue weighted by Crippen LogP contribution is -2.43. The standard InChI is InChI=1S/C19H18N6O/c1-2-17-19(24-10-14-4-5-15(11-24)26-14)21-18(23-25(17)7-1)12-3-6-16-13(8-12)9-20-22-16/h1-3,6-9,14-15H,4-5,10-11H2,(H,20,22)/t14-,15+. The number of morpholine rings is 1. The summed E-state index contributed by atoms with van der Waals surface area (Å²) in [5.74, 6) is 1.72. The monoisotopic (exact) mass is 346 g/mol. The molecular formula is C19H18N6O. The topological polar surface area (TPSA) is 71.3 Å². The number of hydrogen-bond donors (Lipinski definition) is 1. The van der Waals surface area contributed by atoms with Gasteiger partial charge in [-0.2, -0.15) is 5.10 Å². The third-order valence-corrected chi connectivity index (χ3v) is 5.41. The minimum atomic E-state index is 0.324. The zero-order valence-electron chi connectivity index (χ0n) is 14.2. The van der Waals surface area contributed by atoms with Crippen molar-refractivity contribution < 1.29 is 4.74 Å². The molecule has 4 aromatic rings. The minimum Gasteiger partial charge on any atom is -0.371 e. The highest BCUT2D eigenvalue weighted by molar-refractivity contribution is 5.83. The third kappa shape index (κ3) is 2.13. The van der Waals surface area contributed by atoms with E-state index in [9.17, 15) is 0 Å². The van der Waals surface area contributed by atoms with E-state index in [1.807, 2.05) is 35.1 Å². The minimum absolute atomic E-state index is 0.324. The second-order valence-corrected chi connectivity index (χ2v) is 7.13. The van der Waals surface area contributed by atoms with Crippen molar-refractivity contribution in [1.82, 2.24) is 24.8 Å². The number of aromatic nitrogens is 5. The van der Waals surface area contributed by atoms with Crippen LogP contribution in [0, 0.1) is 0 Å². The number of H-pyrrole nitrogens is 1. The molecule has 0 amide bonds. The molecule has 130 valence electrons. The van der Waals surface area contributed by atoms with Crippen molar-refractivity contribution >= 4 is 22.2 Å². The molecule has 1 aromatic carbocycles. The molecule has 6 rings (SSSR count). The van der Waals surface area contributed by atoms with E-state index in [2.05, 4.69) is 27.2 Å². The average molecular weight is 346 g/mol. The van der Waals surface area contributed by atoms with Crippen LogP contribution in [0.25, 0.3) is 27.8 Å². The van der Waals surface area contributed by atoms with Gasteiger partial charge >= 0.3 is 0 Å². The molecule has 0 radical (unpaired) electrons. The maximum atomic E-state index is 5.99. The quantitative estimate of drug-likeness (QED) is 0.604. The Morgan fingerprint density at radius 3 is 2.88 bits per heavy atom. The van der Waals surface area contributed by atoms with Gasteiger partial charge in [-0.15, -0.1) is 5.10 Å². The normalized spacial score (nSPS) is 22.5. The highest BCUT2D eigenvalue weighted by atomic mass is 16.5. The summed E-state index contributed by atoms with van der Waals surface area (Å²) < 4.78 is 7.92. The summed E-state index contributed by atoms with van der Waals surface area (Å²) in [5.41, 5.74) is 3.05. The van der Waals surface area contributed by atoms with Crippen molar-refractivity contribution in [1.29, 1.82) is 0 Å². The Balaban J connectivity index is 1.50. The number of rotatable bonds is 2. The van der Waals surface area contributed by atoms with Gasteiger partial charge in [-0.1, -0.05) is 0 Å². The van der Waals surface area contributed by atoms with E-state index in [-0.39, 0.29) is 0 Å². The largest absolute Gasteiger partial charge is 0.371 e. The number of aromatic amines is 1. The van der Waals surface area contributed by atoms with Crippen LogP contribution >= 0.6 is 0 Å². The number of anilines is 1. The van der Waals surface area contributed by atoms with E-state index in [1.54, 1.807) is 0 Å². The maximum absolute atomic E-state index is 5.99. The predicted octanol–water partition coefficient (Wildman–Crippen LogP) is 2.64. The fourth-order valence-corrected chi connectivity index (χ4v) is 4.14. The summed E-state index contributed by atoms with van der Waals surface area (Å²) in [6, 6.07) is 10.2. The summed E-state index contributed by atoms with van der Waals surface area (Å²) in [4.78, 5) is 7.33. The summed E-state index contributed by atoms with van der Waals surface area (Å²) in [6.45, 7) is 1.79. The van der Waals surface area contributed by atoms with Gasteiger partial charge in [-0.05, 0) is 43.2 Å². The van der Waals surface area contributed by atoms with Crippen LogP contribution in [0.15, 0.2) is 42.7 Å². The third-order valence-electron chi connectivity index (χ3n) is 5.41. The van der Waals surface area contributed by atoms with Crippen molar-refractivity contribution in [3.8, 4) is 11.4 Å². The van der Waals surface area contributed by atoms with Crippen molar-refractivity contribution in [3.63, 3.8) is 0 Å². The van der Waals surface area contributed by atoms with Crippen LogP contribution in [0.2, 0.25) is 0 Å². The van der Waals surface area contributed by atoms with Crippen LogP contribution in [0.5, 0.6) is 0 Å². The van der Waals surface area contributed by atoms with E-state index < -0.39 is 0 Å². The first-order valence-electron chi connectivity index (χ1n) is 9.03. The fourth-order valence-electron chi connectivity index (χ4n) is 4.14. The zero-order valence-corrected chi connectivity index (χ0v) is 14.2. The van der Waals surface area contributed by atoms with E-state index in [4.69, 9.17) is 14.8 Å². The molecule has 2 saturated heterocycles. The summed E-state index contributed by atoms with van der Waals surface area (Å²) in [6.07, 6.45) is 6.75. The second-order valence-electron chi connectivity index (χ2n) is 7.13. The maximum Gasteiger partial charge on any atom is 0.182 e. The number of ether oxygens (including phenoxy) is 1. The molecule has 26 heavy (non-hydrogen) atoms. The summed E-state index contributed by atoms with van der Waals surface area (Å²) in [7, 11) is 0. The molecule has 1 N–H and O–H groups in total. The Morgan fingerprint density at radius 1 is 1.12 bits per heavy atom. The van der Waals surface area contributed by atoms with E-state index in [1.165, 1.54) is 0 Å². The Kier molecular flexibility index (Phi) is 2.90. The van der Waals surface area contributed by atoms with Gasteiger partial charge in [0.15, 0.2) is 11.6 Å². The molecular weight excluding hydrogens is 328 g/mol. The molecule has 0 aliphatic carbocycles. The van der Waals surface area contributed by atoms with E-state index in [0.717, 1.165) is 59.6 Å². The van der Waals surface area contributed by atoms with Crippen LogP contribution in [0.1, 0.15) is 12.8 Å². The molecule has 2 bridgehead atoms.